The van der Waals surface area contributed by atoms with Crippen molar-refractivity contribution in [2.45, 2.75) is 39.8 Å². The fraction of sp³-hybridized carbons (Fsp3) is 0.583. The minimum absolute atomic E-state index is 0.354. The first-order chi connectivity index (χ1) is 9.13. The smallest absolute Gasteiger partial charge is 0.206 e. The lowest BCUT2D eigenvalue weighted by atomic mass is 10.4. The van der Waals surface area contributed by atoms with Gasteiger partial charge in [0.25, 0.3) is 0 Å². The van der Waals surface area contributed by atoms with Crippen LogP contribution >= 0.6 is 22.7 Å². The topological polar surface area (TPSA) is 59.9 Å². The van der Waals surface area contributed by atoms with Crippen molar-refractivity contribution in [1.29, 1.82) is 0 Å². The van der Waals surface area contributed by atoms with Gasteiger partial charge < -0.3 is 10.1 Å². The van der Waals surface area contributed by atoms with Crippen molar-refractivity contribution in [3.8, 4) is 9.88 Å². The van der Waals surface area contributed by atoms with Crippen LogP contribution in [0.25, 0.3) is 9.88 Å². The van der Waals surface area contributed by atoms with Gasteiger partial charge in [0, 0.05) is 13.2 Å². The predicted octanol–water partition coefficient (Wildman–Crippen LogP) is 3.19. The van der Waals surface area contributed by atoms with E-state index in [0.717, 1.165) is 32.1 Å². The van der Waals surface area contributed by atoms with Crippen LogP contribution in [0.5, 0.6) is 0 Å². The Hall–Kier alpha value is -1.05. The largest absolute Gasteiger partial charge is 0.378 e. The van der Waals surface area contributed by atoms with E-state index in [2.05, 4.69) is 41.3 Å². The number of hydrogen-bond donors (Lipinski definition) is 1. The number of thiazole rings is 1. The number of hydrogen-bond acceptors (Lipinski definition) is 7. The average Bonchev–Trinajstić information content (AvgIpc) is 2.95. The van der Waals surface area contributed by atoms with Crippen LogP contribution in [0.1, 0.15) is 31.5 Å². The predicted molar refractivity (Wildman–Crippen MR) is 79.9 cm³/mol. The quantitative estimate of drug-likeness (QED) is 0.887. The zero-order valence-corrected chi connectivity index (χ0v) is 13.2. The fourth-order valence-corrected chi connectivity index (χ4v) is 3.56. The zero-order valence-electron chi connectivity index (χ0n) is 11.6. The maximum Gasteiger partial charge on any atom is 0.206 e. The molecule has 0 aliphatic heterocycles. The van der Waals surface area contributed by atoms with Gasteiger partial charge in [-0.15, -0.1) is 21.5 Å². The van der Waals surface area contributed by atoms with Crippen LogP contribution in [0.15, 0.2) is 0 Å². The highest BCUT2D eigenvalue weighted by molar-refractivity contribution is 7.23. The van der Waals surface area contributed by atoms with Gasteiger partial charge in [0.05, 0.1) is 22.2 Å². The summed E-state index contributed by atoms with van der Waals surface area (Å²) in [4.78, 5) is 5.65. The molecule has 0 bridgehead atoms. The van der Waals surface area contributed by atoms with Gasteiger partial charge in [0.15, 0.2) is 5.01 Å². The Morgan fingerprint density at radius 2 is 2.05 bits per heavy atom. The van der Waals surface area contributed by atoms with E-state index in [1.54, 1.807) is 29.8 Å². The molecule has 0 fully saturated rings. The van der Waals surface area contributed by atoms with Crippen molar-refractivity contribution >= 4 is 27.8 Å². The van der Waals surface area contributed by atoms with Gasteiger partial charge >= 0.3 is 0 Å². The molecule has 5 nitrogen and oxygen atoms in total. The van der Waals surface area contributed by atoms with Crippen molar-refractivity contribution in [3.05, 3.63) is 10.7 Å². The number of methoxy groups -OCH3 is 1. The summed E-state index contributed by atoms with van der Waals surface area (Å²) < 4.78 is 5.20. The first-order valence-electron chi connectivity index (χ1n) is 6.22. The van der Waals surface area contributed by atoms with Crippen molar-refractivity contribution < 1.29 is 4.74 Å². The van der Waals surface area contributed by atoms with Crippen LogP contribution in [0, 0.1) is 0 Å². The number of rotatable bonds is 6. The van der Waals surface area contributed by atoms with E-state index in [1.807, 2.05) is 0 Å². The second-order valence-electron chi connectivity index (χ2n) is 4.38. The van der Waals surface area contributed by atoms with Crippen LogP contribution in [-0.2, 0) is 17.8 Å². The molecule has 1 N–H and O–H groups in total. The van der Waals surface area contributed by atoms with Gasteiger partial charge in [-0.2, -0.15) is 0 Å². The summed E-state index contributed by atoms with van der Waals surface area (Å²) in [6, 6.07) is 0.354. The molecule has 0 aromatic carbocycles. The minimum Gasteiger partial charge on any atom is -0.378 e. The number of ether oxygens (including phenoxy) is 1. The van der Waals surface area contributed by atoms with E-state index in [4.69, 9.17) is 4.74 Å². The number of aryl methyl sites for hydroxylation is 1. The van der Waals surface area contributed by atoms with Gasteiger partial charge in [-0.05, 0) is 20.3 Å². The zero-order chi connectivity index (χ0) is 13.8. The molecule has 0 amide bonds. The van der Waals surface area contributed by atoms with E-state index in [0.29, 0.717) is 12.6 Å². The molecule has 2 aromatic rings. The monoisotopic (exact) mass is 298 g/mol. The second-order valence-corrected chi connectivity index (χ2v) is 6.44. The van der Waals surface area contributed by atoms with Gasteiger partial charge in [0.1, 0.15) is 0 Å². The van der Waals surface area contributed by atoms with Gasteiger partial charge in [-0.25, -0.2) is 4.98 Å². The molecular formula is C12H18N4OS2. The summed E-state index contributed by atoms with van der Waals surface area (Å²) >= 11 is 3.23. The maximum atomic E-state index is 5.20. The van der Waals surface area contributed by atoms with E-state index in [9.17, 15) is 0 Å². The van der Waals surface area contributed by atoms with Crippen LogP contribution in [0.3, 0.4) is 0 Å². The molecule has 0 aliphatic carbocycles. The Balaban J connectivity index is 2.29. The summed E-state index contributed by atoms with van der Waals surface area (Å²) in [5, 5.41) is 14.5. The molecule has 2 heterocycles. The number of aromatic nitrogens is 3. The Morgan fingerprint density at radius 3 is 2.68 bits per heavy atom. The summed E-state index contributed by atoms with van der Waals surface area (Å²) in [6.07, 6.45) is 0.928. The molecule has 19 heavy (non-hydrogen) atoms. The molecule has 0 spiro atoms. The maximum absolute atomic E-state index is 5.20. The van der Waals surface area contributed by atoms with E-state index in [-0.39, 0.29) is 0 Å². The van der Waals surface area contributed by atoms with E-state index < -0.39 is 0 Å². The summed E-state index contributed by atoms with van der Waals surface area (Å²) in [6.45, 7) is 6.78. The number of nitrogens with one attached hydrogen (secondary N) is 1. The van der Waals surface area contributed by atoms with Gasteiger partial charge in [0.2, 0.25) is 5.13 Å². The highest BCUT2D eigenvalue weighted by Gasteiger charge is 2.16. The number of anilines is 1. The summed E-state index contributed by atoms with van der Waals surface area (Å²) in [5.74, 6) is 0. The van der Waals surface area contributed by atoms with Crippen LogP contribution in [0.4, 0.5) is 5.13 Å². The first-order valence-corrected chi connectivity index (χ1v) is 7.85. The van der Waals surface area contributed by atoms with Crippen molar-refractivity contribution in [2.75, 3.05) is 12.4 Å². The Morgan fingerprint density at radius 1 is 1.26 bits per heavy atom. The lowest BCUT2D eigenvalue weighted by Gasteiger charge is -2.03. The van der Waals surface area contributed by atoms with Crippen LogP contribution in [0.2, 0.25) is 0 Å². The molecule has 2 rings (SSSR count). The average molecular weight is 298 g/mol. The van der Waals surface area contributed by atoms with Crippen LogP contribution < -0.4 is 5.32 Å². The number of nitrogens with zero attached hydrogens (tertiary/aromatic N) is 3. The molecule has 104 valence electrons. The molecule has 0 saturated carbocycles. The molecule has 0 saturated heterocycles. The third-order valence-electron chi connectivity index (χ3n) is 2.36. The normalized spacial score (nSPS) is 11.2. The minimum atomic E-state index is 0.354. The SMILES string of the molecule is CCc1nc(COC)c(-c2nnc(NC(C)C)s2)s1. The molecular weight excluding hydrogens is 280 g/mol. The molecule has 7 heteroatoms. The van der Waals surface area contributed by atoms with E-state index >= 15 is 0 Å². The van der Waals surface area contributed by atoms with Crippen molar-refractivity contribution in [1.82, 2.24) is 15.2 Å². The third-order valence-corrected chi connectivity index (χ3v) is 4.61. The molecule has 0 atom stereocenters. The van der Waals surface area contributed by atoms with E-state index in [1.165, 1.54) is 0 Å². The summed E-state index contributed by atoms with van der Waals surface area (Å²) in [7, 11) is 1.68. The molecule has 0 radical (unpaired) electrons. The van der Waals surface area contributed by atoms with Crippen molar-refractivity contribution in [3.63, 3.8) is 0 Å². The fourth-order valence-electron chi connectivity index (χ4n) is 1.57. The third kappa shape index (κ3) is 3.49. The first kappa shape index (κ1) is 14.4. The second kappa shape index (κ2) is 6.40. The Labute approximate surface area is 121 Å². The van der Waals surface area contributed by atoms with Crippen molar-refractivity contribution in [2.24, 2.45) is 0 Å². The summed E-state index contributed by atoms with van der Waals surface area (Å²) in [5.41, 5.74) is 0.955. The molecule has 0 aliphatic rings. The Bertz CT molecular complexity index is 536. The lowest BCUT2D eigenvalue weighted by molar-refractivity contribution is 0.182. The van der Waals surface area contributed by atoms with Gasteiger partial charge in [-0.3, -0.25) is 0 Å². The highest BCUT2D eigenvalue weighted by atomic mass is 32.1. The Kier molecular flexibility index (Phi) is 4.84. The molecule has 2 aromatic heterocycles. The lowest BCUT2D eigenvalue weighted by Crippen LogP contribution is -2.08. The highest BCUT2D eigenvalue weighted by Crippen LogP contribution is 2.34. The molecule has 0 unspecified atom stereocenters. The van der Waals surface area contributed by atoms with Gasteiger partial charge in [-0.1, -0.05) is 18.3 Å². The standard InChI is InChI=1S/C12H18N4OS2/c1-5-9-14-8(6-17-4)10(18-9)11-15-16-12(19-11)13-7(2)3/h7H,5-6H2,1-4H3,(H,13,16). The van der Waals surface area contributed by atoms with Crippen LogP contribution in [-0.4, -0.2) is 28.3 Å².